The number of carbonyl (C=O) groups is 2. The highest BCUT2D eigenvalue weighted by atomic mass is 16.6. The van der Waals surface area contributed by atoms with E-state index >= 15 is 0 Å². The van der Waals surface area contributed by atoms with E-state index in [1.165, 1.54) is 36.0 Å². The zero-order valence-electron chi connectivity index (χ0n) is 17.5. The van der Waals surface area contributed by atoms with E-state index in [1.54, 1.807) is 17.0 Å². The number of nitrogens with one attached hydrogen (secondary N) is 1. The van der Waals surface area contributed by atoms with Gasteiger partial charge in [0.25, 0.3) is 17.5 Å². The maximum Gasteiger partial charge on any atom is 0.273 e. The van der Waals surface area contributed by atoms with E-state index in [0.29, 0.717) is 18.8 Å². The molecule has 2 aromatic carbocycles. The summed E-state index contributed by atoms with van der Waals surface area (Å²) >= 11 is 0. The van der Waals surface area contributed by atoms with Gasteiger partial charge in [0, 0.05) is 30.3 Å². The fraction of sp³-hybridized carbons (Fsp3) is 0.227. The fourth-order valence-corrected chi connectivity index (χ4v) is 3.31. The molecule has 0 aliphatic heterocycles. The first kappa shape index (κ1) is 21.7. The fourth-order valence-electron chi connectivity index (χ4n) is 3.31. The number of para-hydroxylation sites is 1. The number of hydrogen-bond acceptors (Lipinski definition) is 5. The number of nitrogens with zero attached hydrogens (tertiary/aromatic N) is 4. The molecule has 0 radical (unpaired) electrons. The third-order valence-corrected chi connectivity index (χ3v) is 5.03. The molecule has 9 heteroatoms. The standard InChI is InChI=1S/C22H23N5O4/c1-4-25(5-2)22(29)18-14-23-26(16-10-7-6-8-11-16)20(18)24-21(28)17-12-9-13-19(15(17)3)27(30)31/h6-14H,4-5H2,1-3H3,(H,24,28). The summed E-state index contributed by atoms with van der Waals surface area (Å²) in [5.74, 6) is -0.621. The minimum Gasteiger partial charge on any atom is -0.339 e. The first-order chi connectivity index (χ1) is 14.9. The van der Waals surface area contributed by atoms with Gasteiger partial charge in [-0.3, -0.25) is 19.7 Å². The molecule has 1 N–H and O–H groups in total. The van der Waals surface area contributed by atoms with E-state index < -0.39 is 10.8 Å². The van der Waals surface area contributed by atoms with Crippen LogP contribution in [0.4, 0.5) is 11.5 Å². The van der Waals surface area contributed by atoms with Crippen LogP contribution < -0.4 is 5.32 Å². The van der Waals surface area contributed by atoms with Crippen LogP contribution in [0.1, 0.15) is 40.1 Å². The van der Waals surface area contributed by atoms with Crippen LogP contribution in [-0.4, -0.2) is 44.5 Å². The summed E-state index contributed by atoms with van der Waals surface area (Å²) < 4.78 is 1.47. The Morgan fingerprint density at radius 1 is 1.06 bits per heavy atom. The maximum absolute atomic E-state index is 13.1. The molecule has 9 nitrogen and oxygen atoms in total. The number of hydrogen-bond donors (Lipinski definition) is 1. The Hall–Kier alpha value is -4.01. The lowest BCUT2D eigenvalue weighted by Crippen LogP contribution is -2.31. The van der Waals surface area contributed by atoms with Crippen LogP contribution in [0, 0.1) is 17.0 Å². The SMILES string of the molecule is CCN(CC)C(=O)c1cnn(-c2ccccc2)c1NC(=O)c1cccc([N+](=O)[O-])c1C. The van der Waals surface area contributed by atoms with Gasteiger partial charge in [-0.05, 0) is 39.0 Å². The van der Waals surface area contributed by atoms with Gasteiger partial charge in [0.2, 0.25) is 0 Å². The minimum atomic E-state index is -0.563. The molecule has 0 bridgehead atoms. The molecule has 1 aromatic heterocycles. The van der Waals surface area contributed by atoms with Crippen LogP contribution in [0.25, 0.3) is 5.69 Å². The van der Waals surface area contributed by atoms with Crippen molar-refractivity contribution in [3.8, 4) is 5.69 Å². The first-order valence-corrected chi connectivity index (χ1v) is 9.87. The summed E-state index contributed by atoms with van der Waals surface area (Å²) in [6, 6.07) is 13.4. The van der Waals surface area contributed by atoms with Crippen molar-refractivity contribution < 1.29 is 14.5 Å². The molecule has 0 spiro atoms. The topological polar surface area (TPSA) is 110 Å². The van der Waals surface area contributed by atoms with Gasteiger partial charge in [-0.15, -0.1) is 0 Å². The van der Waals surface area contributed by atoms with E-state index in [-0.39, 0.29) is 34.1 Å². The summed E-state index contributed by atoms with van der Waals surface area (Å²) in [6.45, 7) is 6.26. The van der Waals surface area contributed by atoms with Crippen molar-refractivity contribution in [2.45, 2.75) is 20.8 Å². The van der Waals surface area contributed by atoms with E-state index in [4.69, 9.17) is 0 Å². The monoisotopic (exact) mass is 421 g/mol. The van der Waals surface area contributed by atoms with Crippen LogP contribution in [0.3, 0.4) is 0 Å². The van der Waals surface area contributed by atoms with Gasteiger partial charge >= 0.3 is 0 Å². The molecule has 31 heavy (non-hydrogen) atoms. The molecule has 0 aliphatic carbocycles. The first-order valence-electron chi connectivity index (χ1n) is 9.87. The lowest BCUT2D eigenvalue weighted by molar-refractivity contribution is -0.385. The number of carbonyl (C=O) groups excluding carboxylic acids is 2. The second-order valence-electron chi connectivity index (χ2n) is 6.79. The van der Waals surface area contributed by atoms with Gasteiger partial charge in [0.15, 0.2) is 0 Å². The summed E-state index contributed by atoms with van der Waals surface area (Å²) in [7, 11) is 0. The highest BCUT2D eigenvalue weighted by Gasteiger charge is 2.25. The van der Waals surface area contributed by atoms with Crippen molar-refractivity contribution in [1.82, 2.24) is 14.7 Å². The molecule has 160 valence electrons. The average Bonchev–Trinajstić information content (AvgIpc) is 3.18. The quantitative estimate of drug-likeness (QED) is 0.460. The van der Waals surface area contributed by atoms with E-state index in [1.807, 2.05) is 32.0 Å². The van der Waals surface area contributed by atoms with Crippen LogP contribution in [0.5, 0.6) is 0 Å². The van der Waals surface area contributed by atoms with Crippen LogP contribution in [0.2, 0.25) is 0 Å². The number of benzene rings is 2. The van der Waals surface area contributed by atoms with E-state index in [0.717, 1.165) is 0 Å². The van der Waals surface area contributed by atoms with Crippen LogP contribution >= 0.6 is 0 Å². The molecular formula is C22H23N5O4. The number of aromatic nitrogens is 2. The molecule has 0 aliphatic rings. The Balaban J connectivity index is 2.08. The van der Waals surface area contributed by atoms with Gasteiger partial charge in [-0.25, -0.2) is 4.68 Å². The average molecular weight is 421 g/mol. The molecule has 0 saturated carbocycles. The van der Waals surface area contributed by atoms with Crippen molar-refractivity contribution in [3.05, 3.63) is 81.5 Å². The van der Waals surface area contributed by atoms with Gasteiger partial charge in [-0.2, -0.15) is 5.10 Å². The van der Waals surface area contributed by atoms with E-state index in [9.17, 15) is 19.7 Å². The maximum atomic E-state index is 13.1. The second kappa shape index (κ2) is 9.21. The summed E-state index contributed by atoms with van der Waals surface area (Å²) in [6.07, 6.45) is 1.42. The van der Waals surface area contributed by atoms with Crippen molar-refractivity contribution in [3.63, 3.8) is 0 Å². The molecule has 0 saturated heterocycles. The Bertz CT molecular complexity index is 1120. The smallest absolute Gasteiger partial charge is 0.273 e. The number of anilines is 1. The van der Waals surface area contributed by atoms with Crippen molar-refractivity contribution in [1.29, 1.82) is 0 Å². The predicted molar refractivity (Wildman–Crippen MR) is 117 cm³/mol. The zero-order valence-corrected chi connectivity index (χ0v) is 17.5. The van der Waals surface area contributed by atoms with Crippen LogP contribution in [0.15, 0.2) is 54.7 Å². The van der Waals surface area contributed by atoms with Crippen molar-refractivity contribution in [2.24, 2.45) is 0 Å². The molecular weight excluding hydrogens is 398 g/mol. The normalized spacial score (nSPS) is 10.5. The summed E-state index contributed by atoms with van der Waals surface area (Å²) in [4.78, 5) is 38.4. The molecule has 3 aromatic rings. The minimum absolute atomic E-state index is 0.149. The third-order valence-electron chi connectivity index (χ3n) is 5.03. The lowest BCUT2D eigenvalue weighted by Gasteiger charge is -2.19. The molecule has 0 unspecified atom stereocenters. The summed E-state index contributed by atoms with van der Waals surface area (Å²) in [5.41, 5.74) is 1.14. The Morgan fingerprint density at radius 2 is 1.74 bits per heavy atom. The third kappa shape index (κ3) is 4.30. The largest absolute Gasteiger partial charge is 0.339 e. The van der Waals surface area contributed by atoms with Gasteiger partial charge in [0.05, 0.1) is 16.8 Å². The lowest BCUT2D eigenvalue weighted by atomic mass is 10.1. The predicted octanol–water partition coefficient (Wildman–Crippen LogP) is 3.82. The van der Waals surface area contributed by atoms with Crippen molar-refractivity contribution in [2.75, 3.05) is 18.4 Å². The van der Waals surface area contributed by atoms with E-state index in [2.05, 4.69) is 10.4 Å². The summed E-state index contributed by atoms with van der Waals surface area (Å²) in [5, 5.41) is 18.3. The van der Waals surface area contributed by atoms with Crippen LogP contribution in [-0.2, 0) is 0 Å². The Morgan fingerprint density at radius 3 is 2.35 bits per heavy atom. The Labute approximate surface area is 179 Å². The molecule has 3 rings (SSSR count). The highest BCUT2D eigenvalue weighted by molar-refractivity contribution is 6.09. The van der Waals surface area contributed by atoms with Gasteiger partial charge in [0.1, 0.15) is 11.4 Å². The van der Waals surface area contributed by atoms with Crippen molar-refractivity contribution >= 4 is 23.3 Å². The number of amides is 2. The molecule has 0 fully saturated rings. The zero-order chi connectivity index (χ0) is 22.5. The molecule has 0 atom stereocenters. The Kier molecular flexibility index (Phi) is 6.44. The number of rotatable bonds is 7. The highest BCUT2D eigenvalue weighted by Crippen LogP contribution is 2.25. The van der Waals surface area contributed by atoms with Gasteiger partial charge < -0.3 is 10.2 Å². The number of nitro groups is 1. The number of nitro benzene ring substituents is 1. The van der Waals surface area contributed by atoms with Gasteiger partial charge in [-0.1, -0.05) is 24.3 Å². The molecule has 1 heterocycles. The second-order valence-corrected chi connectivity index (χ2v) is 6.79. The molecule has 2 amide bonds.